The van der Waals surface area contributed by atoms with Gasteiger partial charge in [0, 0.05) is 36.7 Å². The molecule has 11 aromatic carbocycles. The van der Waals surface area contributed by atoms with E-state index in [1.807, 2.05) is 0 Å². The lowest BCUT2D eigenvalue weighted by atomic mass is 9.88. The summed E-state index contributed by atoms with van der Waals surface area (Å²) < 4.78 is 2.45. The van der Waals surface area contributed by atoms with Gasteiger partial charge >= 0.3 is 0 Å². The van der Waals surface area contributed by atoms with Gasteiger partial charge in [0.1, 0.15) is 0 Å². The second-order valence-corrected chi connectivity index (χ2v) is 19.5. The first-order chi connectivity index (χ1) is 32.7. The van der Waals surface area contributed by atoms with E-state index >= 15 is 0 Å². The molecule has 310 valence electrons. The molecule has 0 aliphatic heterocycles. The molecule has 66 heavy (non-hydrogen) atoms. The number of rotatable bonds is 7. The SMILES string of the molecule is C(#CS(c1ccccc1)(c1ccccc1)c1ccccc1)c1c2ccccc2c(-c2cccc(-n3c4ccc(-c5ccccc5)cc4c4cc(-c5ccccc5)ccc43)c2)c2ccccc12. The van der Waals surface area contributed by atoms with Crippen molar-refractivity contribution in [2.24, 2.45) is 0 Å². The second-order valence-electron chi connectivity index (χ2n) is 16.7. The average Bonchev–Trinajstić information content (AvgIpc) is 3.73. The van der Waals surface area contributed by atoms with E-state index in [0.29, 0.717) is 0 Å². The zero-order valence-corrected chi connectivity index (χ0v) is 37.0. The van der Waals surface area contributed by atoms with Crippen LogP contribution in [0.5, 0.6) is 0 Å². The van der Waals surface area contributed by atoms with Gasteiger partial charge in [-0.3, -0.25) is 0 Å². The minimum atomic E-state index is -2.00. The average molecular weight is 858 g/mol. The van der Waals surface area contributed by atoms with Crippen LogP contribution in [0.1, 0.15) is 5.56 Å². The van der Waals surface area contributed by atoms with Gasteiger partial charge in [-0.15, -0.1) is 0 Å². The molecule has 0 fully saturated rings. The zero-order valence-electron chi connectivity index (χ0n) is 36.2. The zero-order chi connectivity index (χ0) is 43.9. The molecule has 1 nitrogen and oxygen atoms in total. The number of hydrogen-bond acceptors (Lipinski definition) is 0. The molecule has 1 heterocycles. The number of nitrogens with zero attached hydrogens (tertiary/aromatic N) is 1. The minimum absolute atomic E-state index is 1.05. The van der Waals surface area contributed by atoms with Gasteiger partial charge in [0.2, 0.25) is 0 Å². The van der Waals surface area contributed by atoms with Crippen LogP contribution in [0.25, 0.3) is 82.4 Å². The number of fused-ring (bicyclic) bond motifs is 5. The molecule has 0 aliphatic carbocycles. The lowest BCUT2D eigenvalue weighted by Gasteiger charge is -2.36. The summed E-state index contributed by atoms with van der Waals surface area (Å²) in [6.07, 6.45) is 0. The fraction of sp³-hybridized carbons (Fsp3) is 0. The molecule has 0 spiro atoms. The van der Waals surface area contributed by atoms with Crippen LogP contribution in [-0.4, -0.2) is 4.57 Å². The van der Waals surface area contributed by atoms with Gasteiger partial charge in [-0.05, 0) is 133 Å². The summed E-state index contributed by atoms with van der Waals surface area (Å²) in [5, 5.41) is 11.2. The number of hydrogen-bond donors (Lipinski definition) is 0. The number of benzene rings is 11. The van der Waals surface area contributed by atoms with E-state index in [2.05, 4.69) is 277 Å². The van der Waals surface area contributed by atoms with Crippen LogP contribution in [0.15, 0.2) is 276 Å². The highest BCUT2D eigenvalue weighted by Crippen LogP contribution is 2.67. The van der Waals surface area contributed by atoms with Crippen LogP contribution < -0.4 is 0 Å². The molecule has 0 N–H and O–H groups in total. The van der Waals surface area contributed by atoms with Gasteiger partial charge in [0.15, 0.2) is 0 Å². The topological polar surface area (TPSA) is 4.93 Å². The molecular formula is C64H43NS. The predicted molar refractivity (Wildman–Crippen MR) is 281 cm³/mol. The van der Waals surface area contributed by atoms with E-state index in [-0.39, 0.29) is 0 Å². The highest BCUT2D eigenvalue weighted by Gasteiger charge is 2.29. The van der Waals surface area contributed by atoms with Crippen molar-refractivity contribution >= 4 is 53.4 Å². The Balaban J connectivity index is 1.07. The van der Waals surface area contributed by atoms with Crippen molar-refractivity contribution < 1.29 is 0 Å². The summed E-state index contributed by atoms with van der Waals surface area (Å²) in [7, 11) is -2.00. The van der Waals surface area contributed by atoms with Gasteiger partial charge < -0.3 is 4.57 Å². The molecule has 0 radical (unpaired) electrons. The van der Waals surface area contributed by atoms with Crippen LogP contribution >= 0.6 is 10.0 Å². The number of aromatic nitrogens is 1. The molecular weight excluding hydrogens is 815 g/mol. The third-order valence-electron chi connectivity index (χ3n) is 12.9. The molecule has 2 heteroatoms. The smallest absolute Gasteiger partial charge is 0.0541 e. The normalized spacial score (nSPS) is 11.8. The van der Waals surface area contributed by atoms with Gasteiger partial charge in [0.05, 0.1) is 11.0 Å². The van der Waals surface area contributed by atoms with Gasteiger partial charge in [-0.25, -0.2) is 0 Å². The molecule has 0 atom stereocenters. The molecule has 0 aliphatic rings. The van der Waals surface area contributed by atoms with Crippen LogP contribution in [-0.2, 0) is 0 Å². The van der Waals surface area contributed by atoms with Gasteiger partial charge in [-0.1, -0.05) is 204 Å². The van der Waals surface area contributed by atoms with E-state index < -0.39 is 10.0 Å². The molecule has 0 unspecified atom stereocenters. The first kappa shape index (κ1) is 39.3. The maximum Gasteiger partial charge on any atom is 0.0541 e. The summed E-state index contributed by atoms with van der Waals surface area (Å²) >= 11 is 0. The first-order valence-corrected chi connectivity index (χ1v) is 24.1. The van der Waals surface area contributed by atoms with Crippen molar-refractivity contribution in [3.8, 4) is 50.2 Å². The van der Waals surface area contributed by atoms with Crippen molar-refractivity contribution in [1.29, 1.82) is 0 Å². The van der Waals surface area contributed by atoms with Crippen LogP contribution in [0.4, 0.5) is 0 Å². The molecule has 1 aromatic heterocycles. The lowest BCUT2D eigenvalue weighted by Crippen LogP contribution is -2.01. The Morgan fingerprint density at radius 1 is 0.288 bits per heavy atom. The maximum atomic E-state index is 4.06. The second kappa shape index (κ2) is 16.6. The highest BCUT2D eigenvalue weighted by atomic mass is 32.3. The Labute approximate surface area is 387 Å². The predicted octanol–water partition coefficient (Wildman–Crippen LogP) is 17.4. The van der Waals surface area contributed by atoms with Crippen molar-refractivity contribution in [3.05, 3.63) is 266 Å². The Kier molecular flexibility index (Phi) is 9.90. The summed E-state index contributed by atoms with van der Waals surface area (Å²) in [5.41, 5.74) is 11.7. The first-order valence-electron chi connectivity index (χ1n) is 22.5. The molecule has 12 rings (SSSR count). The van der Waals surface area contributed by atoms with Crippen LogP contribution in [0.3, 0.4) is 0 Å². The monoisotopic (exact) mass is 857 g/mol. The van der Waals surface area contributed by atoms with Crippen molar-refractivity contribution in [2.75, 3.05) is 0 Å². The molecule has 12 aromatic rings. The van der Waals surface area contributed by atoms with Gasteiger partial charge in [-0.2, -0.15) is 0 Å². The lowest BCUT2D eigenvalue weighted by molar-refractivity contribution is 1.18. The summed E-state index contributed by atoms with van der Waals surface area (Å²) in [6.45, 7) is 0. The third-order valence-corrected chi connectivity index (χ3v) is 16.3. The van der Waals surface area contributed by atoms with Gasteiger partial charge in [0.25, 0.3) is 0 Å². The minimum Gasteiger partial charge on any atom is -0.309 e. The summed E-state index contributed by atoms with van der Waals surface area (Å²) in [4.78, 5) is 3.65. The van der Waals surface area contributed by atoms with E-state index in [9.17, 15) is 0 Å². The molecule has 0 amide bonds. The van der Waals surface area contributed by atoms with Crippen LogP contribution in [0, 0.1) is 11.2 Å². The largest absolute Gasteiger partial charge is 0.309 e. The third kappa shape index (κ3) is 6.69. The fourth-order valence-corrected chi connectivity index (χ4v) is 13.0. The van der Waals surface area contributed by atoms with Crippen molar-refractivity contribution in [2.45, 2.75) is 14.7 Å². The van der Waals surface area contributed by atoms with E-state index in [0.717, 1.165) is 27.6 Å². The van der Waals surface area contributed by atoms with Crippen LogP contribution in [0.2, 0.25) is 0 Å². The Morgan fingerprint density at radius 2 is 0.682 bits per heavy atom. The highest BCUT2D eigenvalue weighted by molar-refractivity contribution is 8.37. The standard InChI is InChI=1S/C64H43NS/c1-6-21-46(22-7-1)48-37-39-62-60(44-48)61-45-49(47-23-8-2-9-24-47)38-40-63(61)65(62)51-26-20-25-50(43-51)64-58-35-18-16-33-55(58)57(56-34-17-19-36-59(56)64)41-42-66(52-27-10-3-11-28-52,53-29-12-4-13-30-53)54-31-14-5-15-32-54/h1-40,43-45H. The Morgan fingerprint density at radius 3 is 1.14 bits per heavy atom. The molecule has 0 saturated carbocycles. The molecule has 0 saturated heterocycles. The fourth-order valence-electron chi connectivity index (χ4n) is 9.88. The van der Waals surface area contributed by atoms with E-state index in [1.165, 1.54) is 75.1 Å². The Bertz CT molecular complexity index is 3540. The maximum absolute atomic E-state index is 4.06. The molecule has 0 bridgehead atoms. The quantitative estimate of drug-likeness (QED) is 0.111. The van der Waals surface area contributed by atoms with E-state index in [1.54, 1.807) is 0 Å². The summed E-state index contributed by atoms with van der Waals surface area (Å²) in [6, 6.07) is 94.7. The van der Waals surface area contributed by atoms with Crippen molar-refractivity contribution in [1.82, 2.24) is 4.57 Å². The summed E-state index contributed by atoms with van der Waals surface area (Å²) in [5.74, 6) is 3.94. The van der Waals surface area contributed by atoms with E-state index in [4.69, 9.17) is 0 Å². The van der Waals surface area contributed by atoms with Crippen molar-refractivity contribution in [3.63, 3.8) is 0 Å². The Hall–Kier alpha value is -8.35.